The fourth-order valence-electron chi connectivity index (χ4n) is 6.12. The minimum Gasteiger partial charge on any atom is -0.125 e. The molecule has 1 atom stereocenters. The predicted molar refractivity (Wildman–Crippen MR) is 162 cm³/mol. The van der Waals surface area contributed by atoms with E-state index in [1.54, 1.807) is 0 Å². The van der Waals surface area contributed by atoms with Crippen molar-refractivity contribution in [3.05, 3.63) is 125 Å². The van der Waals surface area contributed by atoms with Crippen molar-refractivity contribution in [2.24, 2.45) is 5.92 Å². The Morgan fingerprint density at radius 3 is 2.24 bits per heavy atom. The zero-order valence-electron chi connectivity index (χ0n) is 21.3. The van der Waals surface area contributed by atoms with E-state index in [1.807, 2.05) is 23.5 Å². The van der Waals surface area contributed by atoms with Crippen LogP contribution in [0, 0.1) is 19.8 Å². The van der Waals surface area contributed by atoms with Crippen molar-refractivity contribution in [3.8, 4) is 11.1 Å². The second-order valence-corrected chi connectivity index (χ2v) is 12.4. The summed E-state index contributed by atoms with van der Waals surface area (Å²) in [6.45, 7) is 6.88. The van der Waals surface area contributed by atoms with Gasteiger partial charge >= 0.3 is 0 Å². The van der Waals surface area contributed by atoms with Crippen molar-refractivity contribution in [1.82, 2.24) is 0 Å². The van der Waals surface area contributed by atoms with E-state index in [9.17, 15) is 0 Å². The molecule has 2 aliphatic heterocycles. The molecule has 0 saturated heterocycles. The monoisotopic (exact) mass is 512 g/mol. The Morgan fingerprint density at radius 2 is 1.38 bits per heavy atom. The van der Waals surface area contributed by atoms with Gasteiger partial charge in [0, 0.05) is 20.4 Å². The van der Waals surface area contributed by atoms with Gasteiger partial charge in [0.25, 0.3) is 0 Å². The topological polar surface area (TPSA) is 0 Å². The number of hydrogen-bond acceptors (Lipinski definition) is 2. The first-order valence-corrected chi connectivity index (χ1v) is 14.8. The van der Waals surface area contributed by atoms with Crippen LogP contribution in [0.15, 0.2) is 112 Å². The van der Waals surface area contributed by atoms with Crippen LogP contribution in [0.4, 0.5) is 0 Å². The first-order chi connectivity index (χ1) is 18.1. The second kappa shape index (κ2) is 8.97. The van der Waals surface area contributed by atoms with Gasteiger partial charge in [-0.2, -0.15) is 0 Å². The first kappa shape index (κ1) is 23.0. The Balaban J connectivity index is 1.59. The third-order valence-electron chi connectivity index (χ3n) is 7.81. The predicted octanol–water partition coefficient (Wildman–Crippen LogP) is 10.3. The van der Waals surface area contributed by atoms with Crippen LogP contribution in [0.3, 0.4) is 0 Å². The maximum Gasteiger partial charge on any atom is 0.0201 e. The van der Waals surface area contributed by atoms with Gasteiger partial charge in [0.15, 0.2) is 0 Å². The molecular weight excluding hydrogens is 485 g/mol. The normalized spacial score (nSPS) is 18.3. The summed E-state index contributed by atoms with van der Waals surface area (Å²) in [5.41, 5.74) is 12.4. The fraction of sp³-hybridized carbons (Fsp3) is 0.143. The average Bonchev–Trinajstić information content (AvgIpc) is 2.92. The molecule has 0 aliphatic carbocycles. The summed E-state index contributed by atoms with van der Waals surface area (Å²) in [6, 6.07) is 36.3. The van der Waals surface area contributed by atoms with Crippen molar-refractivity contribution >= 4 is 45.4 Å². The van der Waals surface area contributed by atoms with E-state index in [2.05, 4.69) is 118 Å². The molecular formula is C35H28S2. The van der Waals surface area contributed by atoms with E-state index in [-0.39, 0.29) is 0 Å². The van der Waals surface area contributed by atoms with Crippen LogP contribution in [-0.2, 0) is 0 Å². The Kier molecular flexibility index (Phi) is 5.57. The molecule has 0 amide bonds. The molecule has 5 aromatic rings. The molecule has 0 bridgehead atoms. The van der Waals surface area contributed by atoms with E-state index in [4.69, 9.17) is 0 Å². The third kappa shape index (κ3) is 3.69. The van der Waals surface area contributed by atoms with Gasteiger partial charge in [0.1, 0.15) is 0 Å². The highest BCUT2D eigenvalue weighted by molar-refractivity contribution is 7.99. The minimum atomic E-state index is 0.450. The lowest BCUT2D eigenvalue weighted by atomic mass is 9.81. The molecule has 0 fully saturated rings. The van der Waals surface area contributed by atoms with Crippen LogP contribution in [0.5, 0.6) is 0 Å². The molecule has 0 aromatic heterocycles. The van der Waals surface area contributed by atoms with E-state index >= 15 is 0 Å². The number of hydrogen-bond donors (Lipinski definition) is 0. The lowest BCUT2D eigenvalue weighted by molar-refractivity contribution is 0.858. The molecule has 0 nitrogen and oxygen atoms in total. The Morgan fingerprint density at radius 1 is 0.649 bits per heavy atom. The molecule has 2 heterocycles. The van der Waals surface area contributed by atoms with Crippen LogP contribution in [-0.4, -0.2) is 5.75 Å². The average molecular weight is 513 g/mol. The van der Waals surface area contributed by atoms with Gasteiger partial charge in [0.05, 0.1) is 0 Å². The van der Waals surface area contributed by atoms with Crippen molar-refractivity contribution < 1.29 is 0 Å². The second-order valence-electron chi connectivity index (χ2n) is 10.2. The van der Waals surface area contributed by atoms with Crippen LogP contribution < -0.4 is 0 Å². The molecule has 0 unspecified atom stereocenters. The van der Waals surface area contributed by atoms with Gasteiger partial charge in [-0.3, -0.25) is 0 Å². The van der Waals surface area contributed by atoms with Crippen LogP contribution in [0.1, 0.15) is 34.7 Å². The molecule has 5 aromatic carbocycles. The molecule has 180 valence electrons. The number of aryl methyl sites for hydroxylation is 2. The van der Waals surface area contributed by atoms with Crippen LogP contribution in [0.2, 0.25) is 0 Å². The number of fused-ring (bicyclic) bond motifs is 5. The number of allylic oxidation sites excluding steroid dienone is 1. The van der Waals surface area contributed by atoms with E-state index in [0.29, 0.717) is 5.92 Å². The number of thioether (sulfide) groups is 1. The first-order valence-electron chi connectivity index (χ1n) is 13.0. The van der Waals surface area contributed by atoms with Gasteiger partial charge in [-0.25, -0.2) is 0 Å². The maximum atomic E-state index is 2.47. The van der Waals surface area contributed by atoms with Crippen molar-refractivity contribution in [2.75, 3.05) is 5.75 Å². The van der Waals surface area contributed by atoms with Crippen LogP contribution >= 0.6 is 23.5 Å². The largest absolute Gasteiger partial charge is 0.125 e. The highest BCUT2D eigenvalue weighted by atomic mass is 32.2. The quantitative estimate of drug-likeness (QED) is 0.215. The van der Waals surface area contributed by atoms with E-state index in [1.165, 1.54) is 75.5 Å². The third-order valence-corrected chi connectivity index (χ3v) is 10.3. The summed E-state index contributed by atoms with van der Waals surface area (Å²) in [4.78, 5) is 4.11. The SMILES string of the molecule is Cc1cccc(C)c1-c1ccc2c(c1)/C(=C1/c3c(ccc4ccccc34)SC[C@H]1C)c1ccccc1S2. The van der Waals surface area contributed by atoms with Crippen molar-refractivity contribution in [3.63, 3.8) is 0 Å². The lowest BCUT2D eigenvalue weighted by Gasteiger charge is -2.32. The maximum absolute atomic E-state index is 2.47. The summed E-state index contributed by atoms with van der Waals surface area (Å²) < 4.78 is 0. The van der Waals surface area contributed by atoms with Gasteiger partial charge < -0.3 is 0 Å². The number of rotatable bonds is 1. The van der Waals surface area contributed by atoms with Crippen molar-refractivity contribution in [1.29, 1.82) is 0 Å². The summed E-state index contributed by atoms with van der Waals surface area (Å²) in [5, 5.41) is 2.68. The van der Waals surface area contributed by atoms with Gasteiger partial charge in [-0.15, -0.1) is 11.8 Å². The van der Waals surface area contributed by atoms with E-state index < -0.39 is 0 Å². The Labute approximate surface area is 227 Å². The van der Waals surface area contributed by atoms with Gasteiger partial charge in [-0.1, -0.05) is 91.5 Å². The summed E-state index contributed by atoms with van der Waals surface area (Å²) >= 11 is 3.92. The molecule has 0 saturated carbocycles. The van der Waals surface area contributed by atoms with E-state index in [0.717, 1.165) is 5.75 Å². The summed E-state index contributed by atoms with van der Waals surface area (Å²) in [7, 11) is 0. The molecule has 0 radical (unpaired) electrons. The fourth-order valence-corrected chi connectivity index (χ4v) is 8.32. The Hall–Kier alpha value is -3.20. The molecule has 7 rings (SSSR count). The standard InChI is InChI=1S/C35H28S2/c1-21-9-8-10-22(2)32(21)25-16-17-30-28(19-25)34(27-13-6-7-14-29(27)37-30)33-23(3)20-36-31-18-15-24-11-4-5-12-26(24)35(31)33/h4-19,23H,20H2,1-3H3/b34-33+/t23-/m1/s1. The highest BCUT2D eigenvalue weighted by Gasteiger charge is 2.31. The minimum absolute atomic E-state index is 0.450. The highest BCUT2D eigenvalue weighted by Crippen LogP contribution is 2.54. The molecule has 2 aliphatic rings. The smallest absolute Gasteiger partial charge is 0.0201 e. The molecule has 0 N–H and O–H groups in total. The lowest BCUT2D eigenvalue weighted by Crippen LogP contribution is -2.14. The molecule has 0 spiro atoms. The van der Waals surface area contributed by atoms with Crippen LogP contribution in [0.25, 0.3) is 33.0 Å². The number of benzene rings is 5. The zero-order valence-corrected chi connectivity index (χ0v) is 23.0. The van der Waals surface area contributed by atoms with Crippen molar-refractivity contribution in [2.45, 2.75) is 35.5 Å². The molecule has 2 heteroatoms. The molecule has 37 heavy (non-hydrogen) atoms. The zero-order chi connectivity index (χ0) is 25.1. The van der Waals surface area contributed by atoms with Gasteiger partial charge in [-0.05, 0) is 105 Å². The summed E-state index contributed by atoms with van der Waals surface area (Å²) in [5.74, 6) is 1.55. The van der Waals surface area contributed by atoms with Gasteiger partial charge in [0.2, 0.25) is 0 Å². The summed E-state index contributed by atoms with van der Waals surface area (Å²) in [6.07, 6.45) is 0. The Bertz CT molecular complexity index is 1720.